The molecular weight excluding hydrogens is 230 g/mol. The van der Waals surface area contributed by atoms with Crippen molar-refractivity contribution in [2.45, 2.75) is 25.0 Å². The van der Waals surface area contributed by atoms with Crippen molar-refractivity contribution in [3.05, 3.63) is 42.2 Å². The highest BCUT2D eigenvalue weighted by Crippen LogP contribution is 2.38. The molecule has 1 N–H and O–H groups in total. The fraction of sp³-hybridized carbons (Fsp3) is 0.385. The van der Waals surface area contributed by atoms with Gasteiger partial charge in [0.15, 0.2) is 0 Å². The minimum Gasteiger partial charge on any atom is -0.495 e. The molecule has 0 saturated heterocycles. The second-order valence-electron chi connectivity index (χ2n) is 4.45. The molecule has 2 aromatic heterocycles. The number of nitrogens with zero attached hydrogens (tertiary/aromatic N) is 3. The van der Waals surface area contributed by atoms with Gasteiger partial charge in [0.1, 0.15) is 17.5 Å². The number of aromatic nitrogens is 3. The summed E-state index contributed by atoms with van der Waals surface area (Å²) in [6.45, 7) is 0. The van der Waals surface area contributed by atoms with Crippen LogP contribution < -0.4 is 4.74 Å². The van der Waals surface area contributed by atoms with Crippen molar-refractivity contribution < 1.29 is 9.84 Å². The van der Waals surface area contributed by atoms with Crippen molar-refractivity contribution in [1.82, 2.24) is 14.5 Å². The lowest BCUT2D eigenvalue weighted by Crippen LogP contribution is -2.09. The number of aliphatic hydroxyl groups excluding tert-OH is 1. The largest absolute Gasteiger partial charge is 0.495 e. The monoisotopic (exact) mass is 245 g/mol. The number of hydrogen-bond donors (Lipinski definition) is 1. The van der Waals surface area contributed by atoms with Crippen molar-refractivity contribution >= 4 is 0 Å². The van der Waals surface area contributed by atoms with Crippen LogP contribution in [0.1, 0.15) is 36.4 Å². The Morgan fingerprint density at radius 2 is 2.33 bits per heavy atom. The van der Waals surface area contributed by atoms with Crippen molar-refractivity contribution in [3.63, 3.8) is 0 Å². The van der Waals surface area contributed by atoms with E-state index in [9.17, 15) is 5.11 Å². The molecule has 0 aliphatic heterocycles. The van der Waals surface area contributed by atoms with E-state index in [1.54, 1.807) is 38.0 Å². The van der Waals surface area contributed by atoms with E-state index in [4.69, 9.17) is 4.74 Å². The molecule has 0 radical (unpaired) electrons. The molecule has 1 fully saturated rings. The van der Waals surface area contributed by atoms with Gasteiger partial charge < -0.3 is 14.4 Å². The summed E-state index contributed by atoms with van der Waals surface area (Å²) in [6.07, 6.45) is 6.61. The van der Waals surface area contributed by atoms with Gasteiger partial charge >= 0.3 is 0 Å². The summed E-state index contributed by atoms with van der Waals surface area (Å²) in [5.41, 5.74) is 1.30. The van der Waals surface area contributed by atoms with E-state index < -0.39 is 6.10 Å². The first-order chi connectivity index (χ1) is 8.81. The Balaban J connectivity index is 1.98. The van der Waals surface area contributed by atoms with E-state index >= 15 is 0 Å². The van der Waals surface area contributed by atoms with E-state index in [-0.39, 0.29) is 0 Å². The van der Waals surface area contributed by atoms with Gasteiger partial charge in [0.25, 0.3) is 0 Å². The molecule has 2 aromatic rings. The number of imidazole rings is 1. The highest BCUT2D eigenvalue weighted by atomic mass is 16.5. The molecule has 0 spiro atoms. The van der Waals surface area contributed by atoms with E-state index in [0.717, 1.165) is 18.5 Å². The predicted octanol–water partition coefficient (Wildman–Crippen LogP) is 1.70. The third-order valence-electron chi connectivity index (χ3n) is 3.20. The fourth-order valence-electron chi connectivity index (χ4n) is 2.11. The molecule has 5 nitrogen and oxygen atoms in total. The Kier molecular flexibility index (Phi) is 2.76. The summed E-state index contributed by atoms with van der Waals surface area (Å²) < 4.78 is 7.25. The minimum atomic E-state index is -0.802. The molecule has 5 heteroatoms. The van der Waals surface area contributed by atoms with Gasteiger partial charge in [-0.3, -0.25) is 4.98 Å². The smallest absolute Gasteiger partial charge is 0.143 e. The number of methoxy groups -OCH3 is 1. The van der Waals surface area contributed by atoms with Crippen LogP contribution in [0.25, 0.3) is 0 Å². The first-order valence-electron chi connectivity index (χ1n) is 6.00. The summed E-state index contributed by atoms with van der Waals surface area (Å²) in [7, 11) is 1.57. The molecule has 18 heavy (non-hydrogen) atoms. The van der Waals surface area contributed by atoms with Gasteiger partial charge in [-0.25, -0.2) is 4.98 Å². The van der Waals surface area contributed by atoms with Crippen molar-refractivity contribution in [2.75, 3.05) is 7.11 Å². The maximum atomic E-state index is 10.4. The Labute approximate surface area is 105 Å². The van der Waals surface area contributed by atoms with Crippen LogP contribution in [0.3, 0.4) is 0 Å². The van der Waals surface area contributed by atoms with E-state index in [0.29, 0.717) is 17.5 Å². The molecule has 0 aromatic carbocycles. The average Bonchev–Trinajstić information content (AvgIpc) is 3.15. The van der Waals surface area contributed by atoms with E-state index in [1.807, 2.05) is 4.57 Å². The van der Waals surface area contributed by atoms with Crippen LogP contribution in [0.15, 0.2) is 30.9 Å². The van der Waals surface area contributed by atoms with E-state index in [2.05, 4.69) is 9.97 Å². The second kappa shape index (κ2) is 4.42. The van der Waals surface area contributed by atoms with Crippen LogP contribution in [0, 0.1) is 0 Å². The van der Waals surface area contributed by atoms with Crippen LogP contribution >= 0.6 is 0 Å². The van der Waals surface area contributed by atoms with Crippen LogP contribution in [0.5, 0.6) is 5.75 Å². The Bertz CT molecular complexity index is 549. The number of pyridine rings is 1. The average molecular weight is 245 g/mol. The number of aliphatic hydroxyl groups is 1. The SMILES string of the molecule is COc1cccnc1C(O)c1cncn1C1CC1. The quantitative estimate of drug-likeness (QED) is 0.890. The number of ether oxygens (including phenoxy) is 1. The highest BCUT2D eigenvalue weighted by molar-refractivity contribution is 5.33. The highest BCUT2D eigenvalue weighted by Gasteiger charge is 2.29. The Hall–Kier alpha value is -1.88. The van der Waals surface area contributed by atoms with Crippen LogP contribution in [-0.4, -0.2) is 26.8 Å². The Morgan fingerprint density at radius 3 is 3.06 bits per heavy atom. The number of hydrogen-bond acceptors (Lipinski definition) is 4. The lowest BCUT2D eigenvalue weighted by atomic mass is 10.1. The third kappa shape index (κ3) is 1.86. The first kappa shape index (κ1) is 11.2. The maximum absolute atomic E-state index is 10.4. The molecule has 3 rings (SSSR count). The molecule has 1 aliphatic carbocycles. The molecule has 1 unspecified atom stereocenters. The molecule has 1 atom stereocenters. The molecule has 2 heterocycles. The van der Waals surface area contributed by atoms with Crippen molar-refractivity contribution in [2.24, 2.45) is 0 Å². The Morgan fingerprint density at radius 1 is 1.50 bits per heavy atom. The maximum Gasteiger partial charge on any atom is 0.143 e. The van der Waals surface area contributed by atoms with Crippen LogP contribution in [-0.2, 0) is 0 Å². The zero-order valence-corrected chi connectivity index (χ0v) is 10.2. The summed E-state index contributed by atoms with van der Waals surface area (Å²) in [5, 5.41) is 10.4. The van der Waals surface area contributed by atoms with Gasteiger partial charge in [-0.1, -0.05) is 0 Å². The zero-order chi connectivity index (χ0) is 12.5. The second-order valence-corrected chi connectivity index (χ2v) is 4.45. The molecular formula is C13H15N3O2. The van der Waals surface area contributed by atoms with Gasteiger partial charge in [0, 0.05) is 12.2 Å². The topological polar surface area (TPSA) is 60.2 Å². The summed E-state index contributed by atoms with van der Waals surface area (Å²) in [4.78, 5) is 8.33. The lowest BCUT2D eigenvalue weighted by Gasteiger charge is -2.15. The third-order valence-corrected chi connectivity index (χ3v) is 3.20. The molecule has 94 valence electrons. The summed E-state index contributed by atoms with van der Waals surface area (Å²) in [6, 6.07) is 4.06. The molecule has 1 aliphatic rings. The van der Waals surface area contributed by atoms with Crippen molar-refractivity contribution in [1.29, 1.82) is 0 Å². The molecule has 0 bridgehead atoms. The summed E-state index contributed by atoms with van der Waals surface area (Å²) in [5.74, 6) is 0.591. The van der Waals surface area contributed by atoms with Gasteiger partial charge in [0.05, 0.1) is 25.3 Å². The minimum absolute atomic E-state index is 0.479. The van der Waals surface area contributed by atoms with Gasteiger partial charge in [-0.15, -0.1) is 0 Å². The van der Waals surface area contributed by atoms with Crippen LogP contribution in [0.2, 0.25) is 0 Å². The number of rotatable bonds is 4. The van der Waals surface area contributed by atoms with E-state index in [1.165, 1.54) is 0 Å². The zero-order valence-electron chi connectivity index (χ0n) is 10.2. The lowest BCUT2D eigenvalue weighted by molar-refractivity contribution is 0.199. The molecule has 0 amide bonds. The normalized spacial score (nSPS) is 16.6. The fourth-order valence-corrected chi connectivity index (χ4v) is 2.11. The van der Waals surface area contributed by atoms with Gasteiger partial charge in [-0.05, 0) is 25.0 Å². The van der Waals surface area contributed by atoms with Gasteiger partial charge in [-0.2, -0.15) is 0 Å². The predicted molar refractivity (Wildman–Crippen MR) is 65.3 cm³/mol. The first-order valence-corrected chi connectivity index (χ1v) is 6.00. The van der Waals surface area contributed by atoms with Crippen molar-refractivity contribution in [3.8, 4) is 5.75 Å². The van der Waals surface area contributed by atoms with Crippen LogP contribution in [0.4, 0.5) is 0 Å². The standard InChI is InChI=1S/C13H15N3O2/c1-18-11-3-2-6-15-12(11)13(17)10-7-14-8-16(10)9-4-5-9/h2-3,6-9,13,17H,4-5H2,1H3. The summed E-state index contributed by atoms with van der Waals surface area (Å²) >= 11 is 0. The van der Waals surface area contributed by atoms with Gasteiger partial charge in [0.2, 0.25) is 0 Å². The molecule has 1 saturated carbocycles.